The fourth-order valence-electron chi connectivity index (χ4n) is 3.44. The molecule has 0 amide bonds. The molecule has 0 atom stereocenters. The molecule has 0 saturated heterocycles. The molecular formula is C23H18ClI2N8Na2O10S3-. The number of fused-ring (bicyclic) bond motifs is 1. The predicted molar refractivity (Wildman–Crippen MR) is 169 cm³/mol. The summed E-state index contributed by atoms with van der Waals surface area (Å²) in [5.74, 6) is -0.768. The van der Waals surface area contributed by atoms with Crippen molar-refractivity contribution in [2.75, 3.05) is 27.9 Å². The molecule has 18 nitrogen and oxygen atoms in total. The average molecular weight is 998 g/mol. The van der Waals surface area contributed by atoms with E-state index in [1.54, 1.807) is 24.4 Å². The van der Waals surface area contributed by atoms with Gasteiger partial charge in [-0.2, -0.15) is 29.7 Å². The van der Waals surface area contributed by atoms with Crippen molar-refractivity contribution < 1.29 is 123 Å². The van der Waals surface area contributed by atoms with Crippen LogP contribution in [0, 0.1) is 11.5 Å². The summed E-state index contributed by atoms with van der Waals surface area (Å²) in [4.78, 5) is 14.1. The fourth-order valence-corrected chi connectivity index (χ4v) is 5.50. The molecule has 252 valence electrons. The van der Waals surface area contributed by atoms with Crippen molar-refractivity contribution in [2.24, 2.45) is 10.2 Å². The Kier molecular flexibility index (Phi) is 23.5. The van der Waals surface area contributed by atoms with Crippen LogP contribution in [0.15, 0.2) is 68.6 Å². The second kappa shape index (κ2) is 24.7. The van der Waals surface area contributed by atoms with Crippen LogP contribution in [0.25, 0.3) is 10.8 Å². The van der Waals surface area contributed by atoms with E-state index in [0.29, 0.717) is 45.7 Å². The van der Waals surface area contributed by atoms with Crippen LogP contribution < -0.4 is 97.5 Å². The van der Waals surface area contributed by atoms with Crippen LogP contribution in [0.3, 0.4) is 0 Å². The van der Waals surface area contributed by atoms with Crippen molar-refractivity contribution >= 4 is 104 Å². The molecule has 0 aliphatic rings. The van der Waals surface area contributed by atoms with Crippen LogP contribution in [-0.2, 0) is 32.8 Å². The number of azo groups is 1. The number of aromatic nitrogens is 3. The Labute approximate surface area is 356 Å². The van der Waals surface area contributed by atoms with Gasteiger partial charge in [-0.05, 0) is 65.5 Å². The third-order valence-corrected chi connectivity index (χ3v) is 8.09. The summed E-state index contributed by atoms with van der Waals surface area (Å²) in [6.07, 6.45) is 1.68. The number of benzene rings is 3. The first-order valence-corrected chi connectivity index (χ1v) is 23.9. The Balaban J connectivity index is 0.00000231. The van der Waals surface area contributed by atoms with Gasteiger partial charge in [0.2, 0.25) is 17.2 Å². The molecule has 1 aromatic heterocycles. The van der Waals surface area contributed by atoms with Crippen molar-refractivity contribution in [2.45, 2.75) is 9.79 Å². The SMILES string of the molecule is C[I-]I.N#CNc1nc(Cl)nc(Nc2ccc3c(O)c(N=Nc4ccc(S(=O)(=O)CCOSOO[O-])cc4)c(SOO[O-])cc3c2)n1.[Na+].[Na+]. The van der Waals surface area contributed by atoms with E-state index in [2.05, 4.69) is 78.1 Å². The predicted octanol–water partition coefficient (Wildman–Crippen LogP) is -4.69. The molecule has 4 aromatic rings. The van der Waals surface area contributed by atoms with Gasteiger partial charge in [0, 0.05) is 11.1 Å². The summed E-state index contributed by atoms with van der Waals surface area (Å²) in [5.41, 5.74) is 0.611. The van der Waals surface area contributed by atoms with Crippen molar-refractivity contribution in [3.8, 4) is 11.9 Å². The van der Waals surface area contributed by atoms with Gasteiger partial charge < -0.3 is 20.9 Å². The number of nitriles is 1. The Morgan fingerprint density at radius 1 is 1.06 bits per heavy atom. The zero-order valence-corrected chi connectivity index (χ0v) is 36.7. The van der Waals surface area contributed by atoms with E-state index in [4.69, 9.17) is 21.0 Å². The molecule has 0 aliphatic carbocycles. The van der Waals surface area contributed by atoms with Crippen molar-refractivity contribution in [1.82, 2.24) is 15.0 Å². The van der Waals surface area contributed by atoms with Crippen LogP contribution in [0.5, 0.6) is 5.75 Å². The summed E-state index contributed by atoms with van der Waals surface area (Å²) < 4.78 is 38.0. The zero-order chi connectivity index (χ0) is 34.2. The molecule has 49 heavy (non-hydrogen) atoms. The molecule has 1 heterocycles. The van der Waals surface area contributed by atoms with Crippen LogP contribution in [-0.4, -0.2) is 45.8 Å². The molecular weight excluding hydrogens is 980 g/mol. The quantitative estimate of drug-likeness (QED) is 0.00967. The molecule has 0 fully saturated rings. The first kappa shape index (κ1) is 46.6. The first-order valence-electron chi connectivity index (χ1n) is 12.0. The van der Waals surface area contributed by atoms with Gasteiger partial charge in [-0.15, -0.1) is 9.45 Å². The minimum atomic E-state index is -3.74. The van der Waals surface area contributed by atoms with Crippen molar-refractivity contribution in [1.29, 1.82) is 5.26 Å². The molecule has 0 aliphatic heterocycles. The third kappa shape index (κ3) is 15.2. The van der Waals surface area contributed by atoms with Gasteiger partial charge >= 0.3 is 99.9 Å². The second-order valence-corrected chi connectivity index (χ2v) is 18.0. The minimum absolute atomic E-state index is 0. The molecule has 0 bridgehead atoms. The van der Waals surface area contributed by atoms with E-state index >= 15 is 0 Å². The topological polar surface area (TPSA) is 258 Å². The number of phenolic OH excluding ortho intramolecular Hbond substituents is 1. The van der Waals surface area contributed by atoms with Crippen LogP contribution >= 0.6 is 54.6 Å². The van der Waals surface area contributed by atoms with Crippen molar-refractivity contribution in [3.05, 3.63) is 53.8 Å². The molecule has 3 aromatic carbocycles. The first-order chi connectivity index (χ1) is 22.6. The smallest absolute Gasteiger partial charge is 0.691 e. The maximum atomic E-state index is 12.5. The zero-order valence-electron chi connectivity index (χ0n) is 25.2. The minimum Gasteiger partial charge on any atom is -0.691 e. The van der Waals surface area contributed by atoms with Crippen LogP contribution in [0.2, 0.25) is 5.28 Å². The number of nitrogens with one attached hydrogen (secondary N) is 2. The summed E-state index contributed by atoms with van der Waals surface area (Å²) in [5, 5.41) is 60.5. The number of nitrogens with zero attached hydrogens (tertiary/aromatic N) is 6. The number of aromatic hydroxyl groups is 1. The fraction of sp³-hybridized carbons (Fsp3) is 0.130. The Morgan fingerprint density at radius 3 is 2.39 bits per heavy atom. The van der Waals surface area contributed by atoms with Gasteiger partial charge in [-0.25, -0.2) is 8.42 Å². The van der Waals surface area contributed by atoms with E-state index in [1.165, 1.54) is 30.3 Å². The van der Waals surface area contributed by atoms with Gasteiger partial charge in [0.05, 0.1) is 39.9 Å². The Bertz CT molecular complexity index is 1840. The van der Waals surface area contributed by atoms with Gasteiger partial charge in [-0.3, -0.25) is 19.6 Å². The number of rotatable bonds is 15. The molecule has 0 radical (unpaired) electrons. The van der Waals surface area contributed by atoms with E-state index in [1.807, 2.05) is 0 Å². The number of sulfone groups is 1. The number of phenols is 1. The maximum absolute atomic E-state index is 12.5. The average Bonchev–Trinajstić information content (AvgIpc) is 3.03. The van der Waals surface area contributed by atoms with Crippen LogP contribution in [0.4, 0.5) is 29.0 Å². The summed E-state index contributed by atoms with van der Waals surface area (Å²) in [7, 11) is -3.74. The maximum Gasteiger partial charge on any atom is 1.00 e. The van der Waals surface area contributed by atoms with Crippen molar-refractivity contribution in [3.63, 3.8) is 0 Å². The largest absolute Gasteiger partial charge is 1.00 e. The van der Waals surface area contributed by atoms with Gasteiger partial charge in [0.15, 0.2) is 34.1 Å². The standard InChI is InChI=1S/C22H17ClN8O10S3.CH3I2.2Na/c23-20-27-21(25-11-24)29-22(28-20)26-14-3-6-16-12(9-14)10-17(42-40-38-33)18(19(16)32)31-30-13-1-4-15(5-2-13)44(35,36)8-7-37-43-41-39-34;1-3-2;;/h1-6,9-10,32-34H,7-8H2,(H2,25,26,27,28,29);1H3;;/q;-1;2*+1/p-2. The van der Waals surface area contributed by atoms with E-state index < -0.39 is 15.6 Å². The number of hydrogen-bond acceptors (Lipinski definition) is 20. The van der Waals surface area contributed by atoms with Gasteiger partial charge in [0.1, 0.15) is 5.69 Å². The molecule has 26 heteroatoms. The van der Waals surface area contributed by atoms with E-state index in [9.17, 15) is 24.0 Å². The molecule has 0 spiro atoms. The van der Waals surface area contributed by atoms with E-state index in [0.717, 1.165) is 0 Å². The summed E-state index contributed by atoms with van der Waals surface area (Å²) >= 11 is 9.50. The molecule has 4 rings (SSSR count). The summed E-state index contributed by atoms with van der Waals surface area (Å²) in [6.45, 7) is -0.279. The molecule has 0 saturated carbocycles. The van der Waals surface area contributed by atoms with E-state index in [-0.39, 0.29) is 122 Å². The Morgan fingerprint density at radius 2 is 1.73 bits per heavy atom. The number of halogens is 3. The third-order valence-electron chi connectivity index (χ3n) is 5.23. The number of alkyl halides is 1. The molecule has 0 unspecified atom stereocenters. The summed E-state index contributed by atoms with van der Waals surface area (Å²) in [6, 6.07) is 11.7. The second-order valence-electron chi connectivity index (χ2n) is 8.02. The normalized spacial score (nSPS) is 10.9. The number of hydrogen-bond donors (Lipinski definition) is 3. The monoisotopic (exact) mass is 997 g/mol. The van der Waals surface area contributed by atoms with Crippen LogP contribution in [0.1, 0.15) is 0 Å². The van der Waals surface area contributed by atoms with Gasteiger partial charge in [-0.1, -0.05) is 0 Å². The molecule has 3 N–H and O–H groups in total. The number of anilines is 3. The Hall–Kier alpha value is -0.460. The van der Waals surface area contributed by atoms with Gasteiger partial charge in [0.25, 0.3) is 0 Å².